The molecule has 0 bridgehead atoms. The first-order chi connectivity index (χ1) is 2.41. The van der Waals surface area contributed by atoms with E-state index >= 15 is 0 Å². The molecule has 0 saturated carbocycles. The maximum absolute atomic E-state index is 2.19. The van der Waals surface area contributed by atoms with Gasteiger partial charge in [-0.2, -0.15) is 0 Å². The van der Waals surface area contributed by atoms with Crippen LogP contribution in [0.15, 0.2) is 0 Å². The second-order valence-electron chi connectivity index (χ2n) is 0.864. The van der Waals surface area contributed by atoms with Crippen LogP contribution in [0.1, 0.15) is 13.3 Å². The Labute approximate surface area is 40.1 Å². The molecule has 0 spiro atoms. The molecule has 0 amide bonds. The van der Waals surface area contributed by atoms with Gasteiger partial charge in [0.25, 0.3) is 0 Å². The first-order valence-corrected chi connectivity index (χ1v) is 3.33. The molecule has 0 aromatic carbocycles. The molecule has 0 fully saturated rings. The normalized spacial score (nSPS) is 9.20. The van der Waals surface area contributed by atoms with Crippen molar-refractivity contribution < 1.29 is 15.0 Å². The Morgan fingerprint density at radius 1 is 1.60 bits per heavy atom. The predicted molar refractivity (Wildman–Crippen MR) is 21.0 cm³/mol. The quantitative estimate of drug-likeness (QED) is 0.490. The fourth-order valence-corrected chi connectivity index (χ4v) is 0.622. The van der Waals surface area contributed by atoms with Gasteiger partial charge >= 0.3 is 39.4 Å². The van der Waals surface area contributed by atoms with Crippen molar-refractivity contribution in [1.29, 1.82) is 0 Å². The van der Waals surface area contributed by atoms with Crippen LogP contribution < -0.4 is 0 Å². The molecule has 0 aliphatic heterocycles. The summed E-state index contributed by atoms with van der Waals surface area (Å²) in [7, 11) is 0. The Balaban J connectivity index is 2.19. The summed E-state index contributed by atoms with van der Waals surface area (Å²) < 4.78 is 0. The van der Waals surface area contributed by atoms with Crippen molar-refractivity contribution in [1.82, 2.24) is 0 Å². The van der Waals surface area contributed by atoms with Gasteiger partial charge in [0.05, 0.1) is 0 Å². The fraction of sp³-hybridized carbons (Fsp3) is 1.00. The van der Waals surface area contributed by atoms with Crippen molar-refractivity contribution in [2.45, 2.75) is 24.5 Å². The molecule has 0 atom stereocenters. The van der Waals surface area contributed by atoms with Crippen molar-refractivity contribution in [3.8, 4) is 0 Å². The van der Waals surface area contributed by atoms with E-state index in [1.165, 1.54) is 11.7 Å². The van der Waals surface area contributed by atoms with Crippen LogP contribution in [0.3, 0.4) is 0 Å². The minimum absolute atomic E-state index is 1.30. The zero-order valence-corrected chi connectivity index (χ0v) is 4.66. The van der Waals surface area contributed by atoms with Crippen LogP contribution in [-0.2, 0) is 15.0 Å². The molecule has 0 heterocycles. The van der Waals surface area contributed by atoms with Gasteiger partial charge in [-0.1, -0.05) is 0 Å². The van der Waals surface area contributed by atoms with Crippen molar-refractivity contribution in [2.24, 2.45) is 0 Å². The second-order valence-corrected chi connectivity index (χ2v) is 2.00. The Hall–Kier alpha value is 0.519. The molecule has 0 rings (SSSR count). The SMILES string of the molecule is CC[CH2][Cu][CH3]. The summed E-state index contributed by atoms with van der Waals surface area (Å²) in [6.07, 6.45) is 1.30. The molecule has 0 unspecified atom stereocenters. The number of hydrogen-bond acceptors (Lipinski definition) is 0. The standard InChI is InChI=1S/C3H7.CH3.Cu/c1-3-2;;/h1,3H2,2H3;1H3;. The van der Waals surface area contributed by atoms with E-state index in [4.69, 9.17) is 0 Å². The van der Waals surface area contributed by atoms with Gasteiger partial charge in [-0.25, -0.2) is 0 Å². The molecule has 0 N–H and O–H groups in total. The van der Waals surface area contributed by atoms with Crippen molar-refractivity contribution in [3.63, 3.8) is 0 Å². The van der Waals surface area contributed by atoms with Gasteiger partial charge in [0.15, 0.2) is 0 Å². The van der Waals surface area contributed by atoms with Crippen molar-refractivity contribution in [2.75, 3.05) is 0 Å². The van der Waals surface area contributed by atoms with Crippen LogP contribution in [-0.4, -0.2) is 0 Å². The average molecular weight is 122 g/mol. The van der Waals surface area contributed by atoms with Gasteiger partial charge in [0, 0.05) is 0 Å². The van der Waals surface area contributed by atoms with Crippen LogP contribution in [0.4, 0.5) is 0 Å². The summed E-state index contributed by atoms with van der Waals surface area (Å²) in [5.74, 6) is 2.12. The Bertz CT molecular complexity index is 11.1. The second kappa shape index (κ2) is 4.52. The molecule has 0 aromatic heterocycles. The molecule has 37 valence electrons. The van der Waals surface area contributed by atoms with E-state index in [2.05, 4.69) is 12.7 Å². The van der Waals surface area contributed by atoms with E-state index in [0.29, 0.717) is 0 Å². The fourth-order valence-electron chi connectivity index (χ4n) is 0.151. The molecular formula is C4H10Cu. The van der Waals surface area contributed by atoms with Crippen molar-refractivity contribution >= 4 is 0 Å². The van der Waals surface area contributed by atoms with E-state index in [-0.39, 0.29) is 0 Å². The monoisotopic (exact) mass is 121 g/mol. The zero-order valence-electron chi connectivity index (χ0n) is 3.72. The first-order valence-electron chi connectivity index (χ1n) is 1.72. The van der Waals surface area contributed by atoms with E-state index in [1.54, 1.807) is 0 Å². The number of rotatable bonds is 2. The molecule has 0 nitrogen and oxygen atoms in total. The Kier molecular flexibility index (Phi) is 4.99. The predicted octanol–water partition coefficient (Wildman–Crippen LogP) is 1.95. The summed E-state index contributed by atoms with van der Waals surface area (Å²) >= 11 is 1.97. The third kappa shape index (κ3) is 4.52. The van der Waals surface area contributed by atoms with Gasteiger partial charge in [-0.05, 0) is 0 Å². The van der Waals surface area contributed by atoms with Crippen LogP contribution in [0.5, 0.6) is 0 Å². The summed E-state index contributed by atoms with van der Waals surface area (Å²) in [6, 6.07) is 0. The molecule has 0 aliphatic rings. The van der Waals surface area contributed by atoms with Crippen molar-refractivity contribution in [3.05, 3.63) is 0 Å². The summed E-state index contributed by atoms with van der Waals surface area (Å²) in [5, 5.41) is 1.30. The molecule has 0 aliphatic carbocycles. The Morgan fingerprint density at radius 3 is 2.20 bits per heavy atom. The topological polar surface area (TPSA) is 0 Å². The van der Waals surface area contributed by atoms with Gasteiger partial charge in [-0.3, -0.25) is 0 Å². The van der Waals surface area contributed by atoms with Gasteiger partial charge < -0.3 is 0 Å². The van der Waals surface area contributed by atoms with Crippen LogP contribution in [0.2, 0.25) is 11.1 Å². The van der Waals surface area contributed by atoms with Gasteiger partial charge in [-0.15, -0.1) is 0 Å². The van der Waals surface area contributed by atoms with E-state index in [1.807, 2.05) is 15.0 Å². The van der Waals surface area contributed by atoms with Gasteiger partial charge in [0.2, 0.25) is 0 Å². The third-order valence-electron chi connectivity index (χ3n) is 0.302. The molecule has 5 heavy (non-hydrogen) atoms. The first kappa shape index (κ1) is 5.52. The third-order valence-corrected chi connectivity index (χ3v) is 1.24. The minimum atomic E-state index is 1.30. The summed E-state index contributed by atoms with van der Waals surface area (Å²) in [5.41, 5.74) is 0. The van der Waals surface area contributed by atoms with Gasteiger partial charge in [0.1, 0.15) is 0 Å². The molecule has 0 aromatic rings. The Morgan fingerprint density at radius 2 is 2.20 bits per heavy atom. The van der Waals surface area contributed by atoms with Crippen LogP contribution in [0.25, 0.3) is 0 Å². The average Bonchev–Trinajstić information content (AvgIpc) is 1.41. The molecule has 0 saturated heterocycles. The van der Waals surface area contributed by atoms with Crippen LogP contribution >= 0.6 is 0 Å². The number of hydrogen-bond donors (Lipinski definition) is 0. The zero-order chi connectivity index (χ0) is 4.12. The van der Waals surface area contributed by atoms with Crippen LogP contribution in [0, 0.1) is 0 Å². The molecule has 0 radical (unpaired) electrons. The van der Waals surface area contributed by atoms with E-state index < -0.39 is 0 Å². The van der Waals surface area contributed by atoms with E-state index in [0.717, 1.165) is 0 Å². The summed E-state index contributed by atoms with van der Waals surface area (Å²) in [4.78, 5) is 0. The van der Waals surface area contributed by atoms with E-state index in [9.17, 15) is 0 Å². The maximum atomic E-state index is 2.19. The molecule has 1 heteroatoms. The molecular weight excluding hydrogens is 112 g/mol. The summed E-state index contributed by atoms with van der Waals surface area (Å²) in [6.45, 7) is 2.19.